The maximum atomic E-state index is 6.62. The van der Waals surface area contributed by atoms with Gasteiger partial charge in [-0.05, 0) is 93.9 Å². The first-order chi connectivity index (χ1) is 24.0. The Labute approximate surface area is 286 Å². The number of nitrogens with zero attached hydrogens (tertiary/aromatic N) is 1. The first-order valence-corrected chi connectivity index (χ1v) is 17.2. The standard InChI is InChI=1S/C47H35NO/c1-46(2)37-21-11-7-17-32(37)35-26-25-31(29-40(35)46)48(30-15-5-4-6-16-30)41-27-28-43-44(36-20-10-14-24-42(36)49-43)45(41)47(3)38-22-12-8-18-33(38)34-19-9-13-23-39(34)47/h4-29H,1-3H3. The minimum atomic E-state index is -0.464. The van der Waals surface area contributed by atoms with Crippen molar-refractivity contribution in [2.75, 3.05) is 4.90 Å². The van der Waals surface area contributed by atoms with Crippen molar-refractivity contribution in [3.8, 4) is 22.3 Å². The van der Waals surface area contributed by atoms with Crippen molar-refractivity contribution in [3.63, 3.8) is 0 Å². The van der Waals surface area contributed by atoms with Crippen LogP contribution in [0, 0.1) is 0 Å². The van der Waals surface area contributed by atoms with Gasteiger partial charge in [0.05, 0.1) is 5.69 Å². The maximum absolute atomic E-state index is 6.62. The van der Waals surface area contributed by atoms with Gasteiger partial charge in [-0.15, -0.1) is 0 Å². The van der Waals surface area contributed by atoms with Crippen molar-refractivity contribution in [1.29, 1.82) is 0 Å². The predicted molar refractivity (Wildman–Crippen MR) is 203 cm³/mol. The largest absolute Gasteiger partial charge is 0.456 e. The van der Waals surface area contributed by atoms with Gasteiger partial charge in [0.25, 0.3) is 0 Å². The Hall–Kier alpha value is -5.86. The average Bonchev–Trinajstić information content (AvgIpc) is 3.73. The van der Waals surface area contributed by atoms with Crippen LogP contribution in [0.25, 0.3) is 44.2 Å². The molecule has 234 valence electrons. The highest BCUT2D eigenvalue weighted by Gasteiger charge is 2.45. The zero-order valence-electron chi connectivity index (χ0n) is 27.9. The molecule has 0 N–H and O–H groups in total. The molecule has 2 aliphatic carbocycles. The van der Waals surface area contributed by atoms with Gasteiger partial charge in [-0.2, -0.15) is 0 Å². The van der Waals surface area contributed by atoms with Crippen molar-refractivity contribution in [2.24, 2.45) is 0 Å². The lowest BCUT2D eigenvalue weighted by Gasteiger charge is -2.36. The normalized spacial score (nSPS) is 14.8. The Morgan fingerprint density at radius 1 is 0.449 bits per heavy atom. The summed E-state index contributed by atoms with van der Waals surface area (Å²) < 4.78 is 6.62. The molecule has 0 unspecified atom stereocenters. The van der Waals surface area contributed by atoms with E-state index in [1.165, 1.54) is 50.1 Å². The average molecular weight is 630 g/mol. The predicted octanol–water partition coefficient (Wildman–Crippen LogP) is 12.7. The molecule has 10 rings (SSSR count). The summed E-state index contributed by atoms with van der Waals surface area (Å²) in [7, 11) is 0. The van der Waals surface area contributed by atoms with Gasteiger partial charge in [-0.25, -0.2) is 0 Å². The second-order valence-corrected chi connectivity index (χ2v) is 14.2. The highest BCUT2D eigenvalue weighted by atomic mass is 16.3. The van der Waals surface area contributed by atoms with Crippen molar-refractivity contribution in [1.82, 2.24) is 0 Å². The topological polar surface area (TPSA) is 16.4 Å². The third-order valence-electron chi connectivity index (χ3n) is 11.3. The highest BCUT2D eigenvalue weighted by Crippen LogP contribution is 2.58. The summed E-state index contributed by atoms with van der Waals surface area (Å²) in [5.41, 5.74) is 16.5. The summed E-state index contributed by atoms with van der Waals surface area (Å²) in [6, 6.07) is 57.7. The maximum Gasteiger partial charge on any atom is 0.135 e. The van der Waals surface area contributed by atoms with Gasteiger partial charge in [-0.3, -0.25) is 0 Å². The smallest absolute Gasteiger partial charge is 0.135 e. The molecule has 2 nitrogen and oxygen atoms in total. The van der Waals surface area contributed by atoms with Crippen molar-refractivity contribution < 1.29 is 4.42 Å². The molecular weight excluding hydrogens is 595 g/mol. The molecule has 7 aromatic carbocycles. The molecule has 2 aliphatic rings. The van der Waals surface area contributed by atoms with E-state index in [2.05, 4.69) is 183 Å². The van der Waals surface area contributed by atoms with E-state index in [9.17, 15) is 0 Å². The fourth-order valence-electron chi connectivity index (χ4n) is 9.06. The van der Waals surface area contributed by atoms with Gasteiger partial charge in [0.1, 0.15) is 11.2 Å². The number of anilines is 3. The SMILES string of the molecule is CC1(C)c2ccccc2-c2ccc(N(c3ccccc3)c3ccc4oc5ccccc5c4c3C3(C)c4ccccc4-c4ccccc43)cc21. The number of hydrogen-bond acceptors (Lipinski definition) is 2. The zero-order chi connectivity index (χ0) is 32.9. The molecule has 0 saturated carbocycles. The molecule has 0 radical (unpaired) electrons. The molecule has 0 amide bonds. The van der Waals surface area contributed by atoms with Gasteiger partial charge in [0.15, 0.2) is 0 Å². The van der Waals surface area contributed by atoms with E-state index in [0.717, 1.165) is 39.0 Å². The number of benzene rings is 7. The Morgan fingerprint density at radius 2 is 1.02 bits per heavy atom. The van der Waals surface area contributed by atoms with E-state index in [1.54, 1.807) is 0 Å². The third-order valence-corrected chi connectivity index (χ3v) is 11.3. The van der Waals surface area contributed by atoms with Crippen molar-refractivity contribution in [3.05, 3.63) is 186 Å². The molecule has 0 atom stereocenters. The summed E-state index contributed by atoms with van der Waals surface area (Å²) in [6.07, 6.45) is 0. The Morgan fingerprint density at radius 3 is 1.73 bits per heavy atom. The van der Waals surface area contributed by atoms with E-state index in [1.807, 2.05) is 0 Å². The molecule has 2 heteroatoms. The molecule has 0 aliphatic heterocycles. The van der Waals surface area contributed by atoms with E-state index < -0.39 is 5.41 Å². The van der Waals surface area contributed by atoms with Crippen LogP contribution in [0.15, 0.2) is 162 Å². The molecule has 0 saturated heterocycles. The van der Waals surface area contributed by atoms with Crippen LogP contribution in [0.5, 0.6) is 0 Å². The van der Waals surface area contributed by atoms with Crippen LogP contribution in [0.3, 0.4) is 0 Å². The van der Waals surface area contributed by atoms with Crippen LogP contribution in [-0.4, -0.2) is 0 Å². The second kappa shape index (κ2) is 10.1. The monoisotopic (exact) mass is 629 g/mol. The highest BCUT2D eigenvalue weighted by molar-refractivity contribution is 6.11. The van der Waals surface area contributed by atoms with E-state index in [-0.39, 0.29) is 5.41 Å². The minimum Gasteiger partial charge on any atom is -0.456 e. The third kappa shape index (κ3) is 3.77. The Kier molecular flexibility index (Phi) is 5.79. The van der Waals surface area contributed by atoms with Gasteiger partial charge >= 0.3 is 0 Å². The van der Waals surface area contributed by atoms with E-state index in [0.29, 0.717) is 0 Å². The zero-order valence-corrected chi connectivity index (χ0v) is 27.9. The molecule has 0 bridgehead atoms. The summed E-state index contributed by atoms with van der Waals surface area (Å²) in [6.45, 7) is 7.14. The van der Waals surface area contributed by atoms with Gasteiger partial charge < -0.3 is 9.32 Å². The number of rotatable bonds is 4. The molecule has 0 spiro atoms. The van der Waals surface area contributed by atoms with Gasteiger partial charge in [0.2, 0.25) is 0 Å². The molecular formula is C47H35NO. The summed E-state index contributed by atoms with van der Waals surface area (Å²) in [4.78, 5) is 2.48. The Balaban J connectivity index is 1.33. The van der Waals surface area contributed by atoms with E-state index >= 15 is 0 Å². The molecule has 1 heterocycles. The number of fused-ring (bicyclic) bond motifs is 9. The summed E-state index contributed by atoms with van der Waals surface area (Å²) >= 11 is 0. The van der Waals surface area contributed by atoms with Crippen LogP contribution in [-0.2, 0) is 10.8 Å². The number of hydrogen-bond donors (Lipinski definition) is 0. The number of para-hydroxylation sites is 2. The lowest BCUT2D eigenvalue weighted by atomic mass is 9.71. The summed E-state index contributed by atoms with van der Waals surface area (Å²) in [5.74, 6) is 0. The van der Waals surface area contributed by atoms with Crippen LogP contribution in [0.4, 0.5) is 17.1 Å². The first-order valence-electron chi connectivity index (χ1n) is 17.2. The molecule has 49 heavy (non-hydrogen) atoms. The first kappa shape index (κ1) is 28.2. The lowest BCUT2D eigenvalue weighted by Crippen LogP contribution is -2.26. The van der Waals surface area contributed by atoms with Gasteiger partial charge in [0, 0.05) is 38.5 Å². The van der Waals surface area contributed by atoms with Crippen molar-refractivity contribution in [2.45, 2.75) is 31.6 Å². The van der Waals surface area contributed by atoms with Crippen molar-refractivity contribution >= 4 is 39.0 Å². The number of furan rings is 1. The minimum absolute atomic E-state index is 0.118. The lowest BCUT2D eigenvalue weighted by molar-refractivity contribution is 0.660. The van der Waals surface area contributed by atoms with Crippen LogP contribution in [0.1, 0.15) is 48.6 Å². The summed E-state index contributed by atoms with van der Waals surface area (Å²) in [5, 5.41) is 2.30. The van der Waals surface area contributed by atoms with Gasteiger partial charge in [-0.1, -0.05) is 129 Å². The van der Waals surface area contributed by atoms with Crippen LogP contribution < -0.4 is 4.90 Å². The van der Waals surface area contributed by atoms with E-state index in [4.69, 9.17) is 4.42 Å². The molecule has 8 aromatic rings. The molecule has 0 fully saturated rings. The second-order valence-electron chi connectivity index (χ2n) is 14.2. The fraction of sp³-hybridized carbons (Fsp3) is 0.106. The molecule has 1 aromatic heterocycles. The quantitative estimate of drug-likeness (QED) is 0.193. The Bertz CT molecular complexity index is 2560. The van der Waals surface area contributed by atoms with Crippen LogP contribution >= 0.6 is 0 Å². The van der Waals surface area contributed by atoms with Crippen LogP contribution in [0.2, 0.25) is 0 Å². The fourth-order valence-corrected chi connectivity index (χ4v) is 9.06.